The van der Waals surface area contributed by atoms with Crippen LogP contribution in [0.1, 0.15) is 37.3 Å². The Morgan fingerprint density at radius 1 is 1.29 bits per heavy atom. The molecule has 2 heterocycles. The second kappa shape index (κ2) is 6.08. The lowest BCUT2D eigenvalue weighted by molar-refractivity contribution is -0.132. The first-order valence-corrected chi connectivity index (χ1v) is 7.49. The standard InChI is InChI=1S/C16H20N4O/c1-2-15(13-6-4-3-5-7-13)16(21)19-11-8-14(12-19)20-17-9-10-18-20/h3-7,9-10,14-15H,2,8,11-12H2,1H3. The van der Waals surface area contributed by atoms with Crippen LogP contribution < -0.4 is 0 Å². The van der Waals surface area contributed by atoms with Crippen LogP contribution in [0.25, 0.3) is 0 Å². The van der Waals surface area contributed by atoms with Gasteiger partial charge in [0.15, 0.2) is 0 Å². The summed E-state index contributed by atoms with van der Waals surface area (Å²) in [5.74, 6) is 0.175. The number of aromatic nitrogens is 3. The fourth-order valence-electron chi connectivity index (χ4n) is 3.00. The fourth-order valence-corrected chi connectivity index (χ4v) is 3.00. The zero-order valence-corrected chi connectivity index (χ0v) is 12.2. The van der Waals surface area contributed by atoms with Crippen molar-refractivity contribution in [1.29, 1.82) is 0 Å². The van der Waals surface area contributed by atoms with Gasteiger partial charge >= 0.3 is 0 Å². The number of nitrogens with zero attached hydrogens (tertiary/aromatic N) is 4. The molecule has 1 saturated heterocycles. The van der Waals surface area contributed by atoms with Crippen molar-refractivity contribution in [3.63, 3.8) is 0 Å². The molecule has 21 heavy (non-hydrogen) atoms. The van der Waals surface area contributed by atoms with Crippen molar-refractivity contribution < 1.29 is 4.79 Å². The van der Waals surface area contributed by atoms with Crippen LogP contribution in [0.5, 0.6) is 0 Å². The molecule has 1 aromatic carbocycles. The Morgan fingerprint density at radius 2 is 2.00 bits per heavy atom. The molecule has 0 radical (unpaired) electrons. The van der Waals surface area contributed by atoms with Crippen LogP contribution >= 0.6 is 0 Å². The zero-order chi connectivity index (χ0) is 14.7. The predicted molar refractivity (Wildman–Crippen MR) is 79.7 cm³/mol. The molecule has 2 atom stereocenters. The van der Waals surface area contributed by atoms with Crippen molar-refractivity contribution in [3.8, 4) is 0 Å². The Morgan fingerprint density at radius 3 is 2.67 bits per heavy atom. The molecule has 110 valence electrons. The number of benzene rings is 1. The number of amides is 1. The van der Waals surface area contributed by atoms with Crippen molar-refractivity contribution in [3.05, 3.63) is 48.3 Å². The van der Waals surface area contributed by atoms with E-state index in [1.807, 2.05) is 35.2 Å². The molecule has 0 bridgehead atoms. The molecular formula is C16H20N4O. The minimum Gasteiger partial charge on any atom is -0.340 e. The largest absolute Gasteiger partial charge is 0.340 e. The number of rotatable bonds is 4. The van der Waals surface area contributed by atoms with E-state index in [1.54, 1.807) is 17.2 Å². The van der Waals surface area contributed by atoms with Gasteiger partial charge in [0.1, 0.15) is 0 Å². The molecule has 1 aromatic heterocycles. The highest BCUT2D eigenvalue weighted by atomic mass is 16.2. The van der Waals surface area contributed by atoms with E-state index in [1.165, 1.54) is 0 Å². The van der Waals surface area contributed by atoms with Crippen LogP contribution in [-0.2, 0) is 4.79 Å². The molecule has 5 nitrogen and oxygen atoms in total. The Kier molecular flexibility index (Phi) is 3.99. The lowest BCUT2D eigenvalue weighted by Crippen LogP contribution is -2.33. The lowest BCUT2D eigenvalue weighted by Gasteiger charge is -2.23. The molecule has 1 fully saturated rings. The maximum Gasteiger partial charge on any atom is 0.230 e. The number of hydrogen-bond acceptors (Lipinski definition) is 3. The van der Waals surface area contributed by atoms with Crippen molar-refractivity contribution >= 4 is 5.91 Å². The second-order valence-corrected chi connectivity index (χ2v) is 5.45. The Bertz CT molecular complexity index is 582. The molecule has 0 aliphatic carbocycles. The molecule has 3 rings (SSSR count). The summed E-state index contributed by atoms with van der Waals surface area (Å²) in [7, 11) is 0. The van der Waals surface area contributed by atoms with Gasteiger partial charge in [0.05, 0.1) is 24.4 Å². The summed E-state index contributed by atoms with van der Waals surface area (Å²) in [5, 5.41) is 8.37. The highest BCUT2D eigenvalue weighted by molar-refractivity contribution is 5.84. The Labute approximate surface area is 124 Å². The van der Waals surface area contributed by atoms with Crippen LogP contribution in [-0.4, -0.2) is 38.9 Å². The van der Waals surface area contributed by atoms with E-state index in [9.17, 15) is 4.79 Å². The van der Waals surface area contributed by atoms with E-state index in [-0.39, 0.29) is 17.9 Å². The molecule has 5 heteroatoms. The van der Waals surface area contributed by atoms with Gasteiger partial charge in [-0.1, -0.05) is 37.3 Å². The van der Waals surface area contributed by atoms with Crippen molar-refractivity contribution in [2.75, 3.05) is 13.1 Å². The SMILES string of the molecule is CCC(C(=O)N1CCC(n2nccn2)C1)c1ccccc1. The first-order valence-electron chi connectivity index (χ1n) is 7.49. The second-order valence-electron chi connectivity index (χ2n) is 5.45. The molecular weight excluding hydrogens is 264 g/mol. The molecule has 0 spiro atoms. The van der Waals surface area contributed by atoms with Crippen molar-refractivity contribution in [1.82, 2.24) is 19.9 Å². The van der Waals surface area contributed by atoms with Gasteiger partial charge in [-0.25, -0.2) is 0 Å². The summed E-state index contributed by atoms with van der Waals surface area (Å²) < 4.78 is 0. The summed E-state index contributed by atoms with van der Waals surface area (Å²) in [6.45, 7) is 3.56. The molecule has 1 aliphatic rings. The maximum absolute atomic E-state index is 12.8. The molecule has 1 aliphatic heterocycles. The smallest absolute Gasteiger partial charge is 0.230 e. The van der Waals surface area contributed by atoms with E-state index in [0.717, 1.165) is 24.9 Å². The fraction of sp³-hybridized carbons (Fsp3) is 0.438. The van der Waals surface area contributed by atoms with Gasteiger partial charge in [0, 0.05) is 13.1 Å². The number of carbonyl (C=O) groups is 1. The lowest BCUT2D eigenvalue weighted by atomic mass is 9.95. The van der Waals surface area contributed by atoms with Gasteiger partial charge in [-0.3, -0.25) is 4.79 Å². The average molecular weight is 284 g/mol. The van der Waals surface area contributed by atoms with Crippen LogP contribution in [0, 0.1) is 0 Å². The number of carbonyl (C=O) groups excluding carboxylic acids is 1. The molecule has 0 N–H and O–H groups in total. The van der Waals surface area contributed by atoms with Crippen LogP contribution in [0.3, 0.4) is 0 Å². The van der Waals surface area contributed by atoms with E-state index in [4.69, 9.17) is 0 Å². The normalized spacial score (nSPS) is 19.7. The Hall–Kier alpha value is -2.17. The molecule has 1 amide bonds. The summed E-state index contributed by atoms with van der Waals surface area (Å²) in [4.78, 5) is 16.4. The quantitative estimate of drug-likeness (QED) is 0.865. The summed E-state index contributed by atoms with van der Waals surface area (Å²) >= 11 is 0. The van der Waals surface area contributed by atoms with E-state index in [0.29, 0.717) is 6.54 Å². The van der Waals surface area contributed by atoms with Gasteiger partial charge in [-0.05, 0) is 18.4 Å². The minimum absolute atomic E-state index is 0.0458. The number of likely N-dealkylation sites (tertiary alicyclic amines) is 1. The number of hydrogen-bond donors (Lipinski definition) is 0. The average Bonchev–Trinajstić information content (AvgIpc) is 3.20. The zero-order valence-electron chi connectivity index (χ0n) is 12.2. The predicted octanol–water partition coefficient (Wildman–Crippen LogP) is 2.25. The van der Waals surface area contributed by atoms with Crippen molar-refractivity contribution in [2.24, 2.45) is 0 Å². The summed E-state index contributed by atoms with van der Waals surface area (Å²) in [6, 6.07) is 10.2. The van der Waals surface area contributed by atoms with Gasteiger partial charge in [0.25, 0.3) is 0 Å². The first-order chi connectivity index (χ1) is 10.3. The van der Waals surface area contributed by atoms with Gasteiger partial charge in [0.2, 0.25) is 5.91 Å². The Balaban J connectivity index is 1.70. The van der Waals surface area contributed by atoms with Gasteiger partial charge in [-0.15, -0.1) is 0 Å². The molecule has 2 unspecified atom stereocenters. The summed E-state index contributed by atoms with van der Waals surface area (Å²) in [5.41, 5.74) is 1.10. The van der Waals surface area contributed by atoms with E-state index in [2.05, 4.69) is 17.1 Å². The third kappa shape index (κ3) is 2.82. The van der Waals surface area contributed by atoms with E-state index >= 15 is 0 Å². The van der Waals surface area contributed by atoms with Crippen molar-refractivity contribution in [2.45, 2.75) is 31.7 Å². The maximum atomic E-state index is 12.8. The summed E-state index contributed by atoms with van der Waals surface area (Å²) in [6.07, 6.45) is 5.11. The van der Waals surface area contributed by atoms with Crippen LogP contribution in [0.2, 0.25) is 0 Å². The third-order valence-electron chi connectivity index (χ3n) is 4.15. The minimum atomic E-state index is -0.0458. The third-order valence-corrected chi connectivity index (χ3v) is 4.15. The van der Waals surface area contributed by atoms with Gasteiger partial charge < -0.3 is 4.90 Å². The highest BCUT2D eigenvalue weighted by Crippen LogP contribution is 2.27. The van der Waals surface area contributed by atoms with Crippen LogP contribution in [0.4, 0.5) is 0 Å². The first kappa shape index (κ1) is 13.8. The van der Waals surface area contributed by atoms with Crippen LogP contribution in [0.15, 0.2) is 42.7 Å². The topological polar surface area (TPSA) is 51.0 Å². The highest BCUT2D eigenvalue weighted by Gasteiger charge is 2.32. The van der Waals surface area contributed by atoms with Gasteiger partial charge in [-0.2, -0.15) is 15.0 Å². The van der Waals surface area contributed by atoms with E-state index < -0.39 is 0 Å². The monoisotopic (exact) mass is 284 g/mol. The molecule has 0 saturated carbocycles. The molecule has 2 aromatic rings.